The molecular weight excluding hydrogens is 388 g/mol. The largest absolute Gasteiger partial charge is 0.484 e. The maximum absolute atomic E-state index is 13.1. The lowest BCUT2D eigenvalue weighted by atomic mass is 10.1. The molecule has 0 radical (unpaired) electrons. The topological polar surface area (TPSA) is 58.6 Å². The zero-order chi connectivity index (χ0) is 22.6. The summed E-state index contributed by atoms with van der Waals surface area (Å²) in [5.74, 6) is 0.398. The molecule has 0 aromatic heterocycles. The van der Waals surface area contributed by atoms with E-state index in [-0.39, 0.29) is 18.4 Å². The van der Waals surface area contributed by atoms with Crippen LogP contribution in [0.5, 0.6) is 5.75 Å². The summed E-state index contributed by atoms with van der Waals surface area (Å²) < 4.78 is 5.79. The second-order valence-corrected chi connectivity index (χ2v) is 7.93. The van der Waals surface area contributed by atoms with Gasteiger partial charge < -0.3 is 15.0 Å². The molecule has 5 heteroatoms. The number of unbranched alkanes of at least 4 members (excludes halogenated alkanes) is 1. The minimum Gasteiger partial charge on any atom is -0.484 e. The Morgan fingerprint density at radius 2 is 1.77 bits per heavy atom. The highest BCUT2D eigenvalue weighted by Crippen LogP contribution is 2.17. The van der Waals surface area contributed by atoms with Gasteiger partial charge in [-0.2, -0.15) is 0 Å². The number of hydrogen-bond donors (Lipinski definition) is 1. The van der Waals surface area contributed by atoms with Gasteiger partial charge in [0, 0.05) is 13.1 Å². The molecule has 0 aliphatic rings. The van der Waals surface area contributed by atoms with E-state index in [0.717, 1.165) is 24.0 Å². The quantitative estimate of drug-likeness (QED) is 0.512. The Morgan fingerprint density at radius 3 is 2.42 bits per heavy atom. The first-order valence-electron chi connectivity index (χ1n) is 11.3. The molecule has 0 fully saturated rings. The molecule has 0 saturated heterocycles. The maximum Gasteiger partial charge on any atom is 0.261 e. The Labute approximate surface area is 186 Å². The maximum atomic E-state index is 13.1. The summed E-state index contributed by atoms with van der Waals surface area (Å²) in [6.45, 7) is 9.10. The van der Waals surface area contributed by atoms with Gasteiger partial charge in [-0.15, -0.1) is 0 Å². The van der Waals surface area contributed by atoms with Crippen LogP contribution in [-0.4, -0.2) is 42.5 Å². The van der Waals surface area contributed by atoms with Gasteiger partial charge in [0.2, 0.25) is 5.91 Å². The van der Waals surface area contributed by atoms with Gasteiger partial charge in [0.15, 0.2) is 6.61 Å². The van der Waals surface area contributed by atoms with Crippen LogP contribution >= 0.6 is 0 Å². The van der Waals surface area contributed by atoms with E-state index >= 15 is 0 Å². The molecule has 5 nitrogen and oxygen atoms in total. The number of aryl methyl sites for hydroxylation is 2. The van der Waals surface area contributed by atoms with Crippen molar-refractivity contribution in [3.8, 4) is 5.75 Å². The lowest BCUT2D eigenvalue weighted by Crippen LogP contribution is -2.51. The highest BCUT2D eigenvalue weighted by Gasteiger charge is 2.28. The van der Waals surface area contributed by atoms with Gasteiger partial charge in [0.1, 0.15) is 11.8 Å². The van der Waals surface area contributed by atoms with Crippen LogP contribution in [0, 0.1) is 13.8 Å². The van der Waals surface area contributed by atoms with Crippen molar-refractivity contribution in [3.05, 3.63) is 65.2 Å². The van der Waals surface area contributed by atoms with Crippen LogP contribution in [0.2, 0.25) is 0 Å². The third kappa shape index (κ3) is 7.74. The highest BCUT2D eigenvalue weighted by molar-refractivity contribution is 5.88. The third-order valence-corrected chi connectivity index (χ3v) is 5.54. The van der Waals surface area contributed by atoms with Crippen molar-refractivity contribution in [2.75, 3.05) is 19.7 Å². The third-order valence-electron chi connectivity index (χ3n) is 5.54. The van der Waals surface area contributed by atoms with E-state index in [2.05, 4.69) is 12.2 Å². The molecule has 168 valence electrons. The van der Waals surface area contributed by atoms with Crippen molar-refractivity contribution in [3.63, 3.8) is 0 Å². The van der Waals surface area contributed by atoms with Crippen molar-refractivity contribution >= 4 is 11.8 Å². The number of carbonyl (C=O) groups is 2. The molecule has 0 aliphatic heterocycles. The minimum absolute atomic E-state index is 0.0873. The summed E-state index contributed by atoms with van der Waals surface area (Å²) in [4.78, 5) is 27.6. The zero-order valence-electron chi connectivity index (χ0n) is 19.3. The first kappa shape index (κ1) is 24.4. The number of amides is 2. The second kappa shape index (κ2) is 12.8. The minimum atomic E-state index is -0.503. The van der Waals surface area contributed by atoms with Crippen molar-refractivity contribution < 1.29 is 14.3 Å². The van der Waals surface area contributed by atoms with Gasteiger partial charge >= 0.3 is 0 Å². The molecule has 2 aromatic rings. The summed E-state index contributed by atoms with van der Waals surface area (Å²) in [5.41, 5.74) is 3.43. The van der Waals surface area contributed by atoms with Crippen LogP contribution in [0.4, 0.5) is 0 Å². The predicted molar refractivity (Wildman–Crippen MR) is 125 cm³/mol. The molecule has 0 saturated carbocycles. The molecule has 2 amide bonds. The van der Waals surface area contributed by atoms with Crippen molar-refractivity contribution in [1.29, 1.82) is 0 Å². The number of benzene rings is 2. The van der Waals surface area contributed by atoms with E-state index in [0.29, 0.717) is 31.7 Å². The van der Waals surface area contributed by atoms with Gasteiger partial charge in [0.25, 0.3) is 5.91 Å². The fraction of sp³-hybridized carbons (Fsp3) is 0.462. The van der Waals surface area contributed by atoms with Crippen LogP contribution in [0.1, 0.15) is 49.8 Å². The molecule has 1 atom stereocenters. The fourth-order valence-corrected chi connectivity index (χ4v) is 3.43. The number of nitrogens with zero attached hydrogens (tertiary/aromatic N) is 1. The number of ether oxygens (including phenoxy) is 1. The fourth-order valence-electron chi connectivity index (χ4n) is 3.43. The van der Waals surface area contributed by atoms with Crippen LogP contribution in [0.15, 0.2) is 48.5 Å². The molecule has 1 N–H and O–H groups in total. The molecule has 2 aromatic carbocycles. The smallest absolute Gasteiger partial charge is 0.261 e. The number of carbonyl (C=O) groups excluding carboxylic acids is 2. The molecular formula is C26H36N2O3. The lowest BCUT2D eigenvalue weighted by Gasteiger charge is -2.30. The SMILES string of the molecule is CCCCNC(=O)[C@@H](CC)N(CCc1ccccc1)C(=O)COc1ccc(C)c(C)c1. The van der Waals surface area contributed by atoms with Crippen LogP contribution in [0.3, 0.4) is 0 Å². The molecule has 0 aliphatic carbocycles. The summed E-state index contributed by atoms with van der Waals surface area (Å²) >= 11 is 0. The standard InChI is InChI=1S/C26H36N2O3/c1-5-7-16-27-26(30)24(6-2)28(17-15-22-11-9-8-10-12-22)25(29)19-31-23-14-13-20(3)21(4)18-23/h8-14,18,24H,5-7,15-17,19H2,1-4H3,(H,27,30)/t24-/m1/s1. The summed E-state index contributed by atoms with van der Waals surface area (Å²) in [6, 6.07) is 15.3. The molecule has 2 rings (SSSR count). The Morgan fingerprint density at radius 1 is 1.03 bits per heavy atom. The van der Waals surface area contributed by atoms with E-state index < -0.39 is 6.04 Å². The Hall–Kier alpha value is -2.82. The first-order chi connectivity index (χ1) is 15.0. The molecule has 0 unspecified atom stereocenters. The molecule has 0 heterocycles. The van der Waals surface area contributed by atoms with Crippen molar-refractivity contribution in [2.24, 2.45) is 0 Å². The zero-order valence-corrected chi connectivity index (χ0v) is 19.3. The van der Waals surface area contributed by atoms with Crippen LogP contribution < -0.4 is 10.1 Å². The van der Waals surface area contributed by atoms with Gasteiger partial charge in [-0.3, -0.25) is 9.59 Å². The van der Waals surface area contributed by atoms with E-state index in [9.17, 15) is 9.59 Å². The Balaban J connectivity index is 2.10. The summed E-state index contributed by atoms with van der Waals surface area (Å²) in [6.07, 6.45) is 3.19. The average Bonchev–Trinajstić information content (AvgIpc) is 2.78. The second-order valence-electron chi connectivity index (χ2n) is 7.93. The van der Waals surface area contributed by atoms with E-state index in [4.69, 9.17) is 4.74 Å². The lowest BCUT2D eigenvalue weighted by molar-refractivity contribution is -0.142. The molecule has 0 spiro atoms. The predicted octanol–water partition coefficient (Wildman–Crippen LogP) is 4.45. The van der Waals surface area contributed by atoms with Crippen LogP contribution in [0.25, 0.3) is 0 Å². The molecule has 0 bridgehead atoms. The summed E-state index contributed by atoms with van der Waals surface area (Å²) in [5, 5.41) is 2.98. The van der Waals surface area contributed by atoms with E-state index in [1.165, 1.54) is 5.56 Å². The number of rotatable bonds is 12. The Bertz CT molecular complexity index is 836. The number of nitrogens with one attached hydrogen (secondary N) is 1. The van der Waals surface area contributed by atoms with E-state index in [1.807, 2.05) is 69.3 Å². The highest BCUT2D eigenvalue weighted by atomic mass is 16.5. The average molecular weight is 425 g/mol. The van der Waals surface area contributed by atoms with Gasteiger partial charge in [-0.1, -0.05) is 56.7 Å². The normalized spacial score (nSPS) is 11.6. The Kier molecular flexibility index (Phi) is 10.1. The van der Waals surface area contributed by atoms with Crippen molar-refractivity contribution in [2.45, 2.75) is 59.4 Å². The van der Waals surface area contributed by atoms with Crippen molar-refractivity contribution in [1.82, 2.24) is 10.2 Å². The molecule has 31 heavy (non-hydrogen) atoms. The number of hydrogen-bond acceptors (Lipinski definition) is 3. The van der Waals surface area contributed by atoms with E-state index in [1.54, 1.807) is 4.90 Å². The monoisotopic (exact) mass is 424 g/mol. The van der Waals surface area contributed by atoms with Crippen LogP contribution in [-0.2, 0) is 16.0 Å². The van der Waals surface area contributed by atoms with Gasteiger partial charge in [-0.05, 0) is 61.9 Å². The van der Waals surface area contributed by atoms with Gasteiger partial charge in [-0.25, -0.2) is 0 Å². The van der Waals surface area contributed by atoms with Gasteiger partial charge in [0.05, 0.1) is 0 Å². The first-order valence-corrected chi connectivity index (χ1v) is 11.3. The summed E-state index contributed by atoms with van der Waals surface area (Å²) in [7, 11) is 0.